The summed E-state index contributed by atoms with van der Waals surface area (Å²) in [7, 11) is 0. The molecule has 0 saturated heterocycles. The molecule has 0 aliphatic carbocycles. The molecule has 2 aromatic rings. The van der Waals surface area contributed by atoms with Crippen LogP contribution in [0, 0.1) is 10.1 Å². The standard InChI is InChI=1S/C13H13BrN4O2/c1-2-15-12-7-11(18(19)20)8-13(17-12)16-10-5-3-4-9(14)6-10/h3-8H,2H2,1H3,(H2,15,16,17). The van der Waals surface area contributed by atoms with E-state index in [4.69, 9.17) is 0 Å². The van der Waals surface area contributed by atoms with Gasteiger partial charge in [0.1, 0.15) is 11.6 Å². The quantitative estimate of drug-likeness (QED) is 0.638. The maximum absolute atomic E-state index is 10.9. The predicted molar refractivity (Wildman–Crippen MR) is 82.5 cm³/mol. The molecule has 1 heterocycles. The van der Waals surface area contributed by atoms with Crippen molar-refractivity contribution < 1.29 is 4.92 Å². The van der Waals surface area contributed by atoms with Crippen LogP contribution in [-0.4, -0.2) is 16.5 Å². The van der Waals surface area contributed by atoms with Crippen LogP contribution in [0.5, 0.6) is 0 Å². The third-order valence-corrected chi connectivity index (χ3v) is 2.97. The Balaban J connectivity index is 2.32. The highest BCUT2D eigenvalue weighted by Crippen LogP contribution is 2.24. The number of hydrogen-bond donors (Lipinski definition) is 2. The molecule has 0 fully saturated rings. The van der Waals surface area contributed by atoms with Crippen molar-refractivity contribution in [3.63, 3.8) is 0 Å². The molecule has 7 heteroatoms. The van der Waals surface area contributed by atoms with Gasteiger partial charge in [-0.05, 0) is 25.1 Å². The van der Waals surface area contributed by atoms with E-state index in [0.717, 1.165) is 10.2 Å². The Morgan fingerprint density at radius 2 is 2.05 bits per heavy atom. The molecule has 0 radical (unpaired) electrons. The second kappa shape index (κ2) is 6.33. The van der Waals surface area contributed by atoms with Gasteiger partial charge in [-0.25, -0.2) is 4.98 Å². The van der Waals surface area contributed by atoms with E-state index in [1.54, 1.807) is 0 Å². The normalized spacial score (nSPS) is 10.1. The molecule has 0 unspecified atom stereocenters. The summed E-state index contributed by atoms with van der Waals surface area (Å²) < 4.78 is 0.917. The van der Waals surface area contributed by atoms with Crippen LogP contribution in [0.4, 0.5) is 23.0 Å². The lowest BCUT2D eigenvalue weighted by atomic mass is 10.3. The van der Waals surface area contributed by atoms with Gasteiger partial charge in [0, 0.05) is 16.7 Å². The number of benzene rings is 1. The highest BCUT2D eigenvalue weighted by atomic mass is 79.9. The van der Waals surface area contributed by atoms with Crippen LogP contribution in [0.1, 0.15) is 6.92 Å². The summed E-state index contributed by atoms with van der Waals surface area (Å²) in [6.07, 6.45) is 0. The molecule has 6 nitrogen and oxygen atoms in total. The van der Waals surface area contributed by atoms with Crippen LogP contribution in [0.15, 0.2) is 40.9 Å². The fourth-order valence-corrected chi connectivity index (χ4v) is 2.07. The number of pyridine rings is 1. The minimum Gasteiger partial charge on any atom is -0.370 e. The van der Waals surface area contributed by atoms with Crippen LogP contribution in [0.3, 0.4) is 0 Å². The Bertz CT molecular complexity index is 634. The second-order valence-electron chi connectivity index (χ2n) is 4.02. The average molecular weight is 337 g/mol. The first kappa shape index (κ1) is 14.3. The fraction of sp³-hybridized carbons (Fsp3) is 0.154. The number of rotatable bonds is 5. The first-order valence-electron chi connectivity index (χ1n) is 6.01. The van der Waals surface area contributed by atoms with Crippen molar-refractivity contribution in [1.82, 2.24) is 4.98 Å². The van der Waals surface area contributed by atoms with Crippen molar-refractivity contribution >= 4 is 38.9 Å². The largest absolute Gasteiger partial charge is 0.370 e. The van der Waals surface area contributed by atoms with Gasteiger partial charge >= 0.3 is 0 Å². The van der Waals surface area contributed by atoms with Gasteiger partial charge in [0.25, 0.3) is 5.69 Å². The summed E-state index contributed by atoms with van der Waals surface area (Å²) in [4.78, 5) is 14.8. The van der Waals surface area contributed by atoms with Gasteiger partial charge in [-0.3, -0.25) is 10.1 Å². The molecule has 0 bridgehead atoms. The van der Waals surface area contributed by atoms with Crippen LogP contribution in [-0.2, 0) is 0 Å². The SMILES string of the molecule is CCNc1cc([N+](=O)[O-])cc(Nc2cccc(Br)c2)n1. The van der Waals surface area contributed by atoms with E-state index in [0.29, 0.717) is 18.2 Å². The van der Waals surface area contributed by atoms with Gasteiger partial charge < -0.3 is 10.6 Å². The summed E-state index contributed by atoms with van der Waals surface area (Å²) in [5.74, 6) is 0.896. The molecule has 0 saturated carbocycles. The average Bonchev–Trinajstić information content (AvgIpc) is 2.38. The second-order valence-corrected chi connectivity index (χ2v) is 4.93. The Morgan fingerprint density at radius 3 is 2.70 bits per heavy atom. The minimum absolute atomic E-state index is 0.00607. The van der Waals surface area contributed by atoms with Crippen LogP contribution in [0.2, 0.25) is 0 Å². The molecule has 0 aliphatic rings. The molecule has 2 N–H and O–H groups in total. The lowest BCUT2D eigenvalue weighted by molar-refractivity contribution is -0.384. The molecular formula is C13H13BrN4O2. The first-order chi connectivity index (χ1) is 9.58. The van der Waals surface area contributed by atoms with Crippen molar-refractivity contribution in [2.24, 2.45) is 0 Å². The van der Waals surface area contributed by atoms with Crippen molar-refractivity contribution in [3.8, 4) is 0 Å². The topological polar surface area (TPSA) is 80.1 Å². The zero-order valence-corrected chi connectivity index (χ0v) is 12.3. The summed E-state index contributed by atoms with van der Waals surface area (Å²) >= 11 is 3.37. The molecule has 20 heavy (non-hydrogen) atoms. The lowest BCUT2D eigenvalue weighted by Crippen LogP contribution is -2.03. The molecule has 0 atom stereocenters. The number of nitrogens with zero attached hydrogens (tertiary/aromatic N) is 2. The molecule has 1 aromatic heterocycles. The molecule has 0 spiro atoms. The molecule has 1 aromatic carbocycles. The van der Waals surface area contributed by atoms with Crippen LogP contribution < -0.4 is 10.6 Å². The number of halogens is 1. The van der Waals surface area contributed by atoms with Crippen LogP contribution in [0.25, 0.3) is 0 Å². The van der Waals surface area contributed by atoms with Crippen LogP contribution >= 0.6 is 15.9 Å². The smallest absolute Gasteiger partial charge is 0.276 e. The zero-order chi connectivity index (χ0) is 14.5. The van der Waals surface area contributed by atoms with Gasteiger partial charge in [0.05, 0.1) is 17.1 Å². The maximum Gasteiger partial charge on any atom is 0.276 e. The Morgan fingerprint density at radius 1 is 1.30 bits per heavy atom. The van der Waals surface area contributed by atoms with Gasteiger partial charge in [-0.1, -0.05) is 22.0 Å². The zero-order valence-electron chi connectivity index (χ0n) is 10.8. The third kappa shape index (κ3) is 3.67. The highest BCUT2D eigenvalue weighted by molar-refractivity contribution is 9.10. The van der Waals surface area contributed by atoms with E-state index >= 15 is 0 Å². The number of nitrogens with one attached hydrogen (secondary N) is 2. The third-order valence-electron chi connectivity index (χ3n) is 2.48. The van der Waals surface area contributed by atoms with Crippen molar-refractivity contribution in [3.05, 3.63) is 51.0 Å². The van der Waals surface area contributed by atoms with E-state index in [1.165, 1.54) is 12.1 Å². The summed E-state index contributed by atoms with van der Waals surface area (Å²) in [6.45, 7) is 2.55. The lowest BCUT2D eigenvalue weighted by Gasteiger charge is -2.08. The predicted octanol–water partition coefficient (Wildman–Crippen LogP) is 3.93. The number of aromatic nitrogens is 1. The maximum atomic E-state index is 10.9. The minimum atomic E-state index is -0.436. The van der Waals surface area contributed by atoms with Crippen molar-refractivity contribution in [1.29, 1.82) is 0 Å². The van der Waals surface area contributed by atoms with Gasteiger partial charge in [-0.2, -0.15) is 0 Å². The summed E-state index contributed by atoms with van der Waals surface area (Å²) in [5.41, 5.74) is 0.795. The van der Waals surface area contributed by atoms with E-state index in [-0.39, 0.29) is 5.69 Å². The highest BCUT2D eigenvalue weighted by Gasteiger charge is 2.11. The van der Waals surface area contributed by atoms with Crippen molar-refractivity contribution in [2.75, 3.05) is 17.2 Å². The van der Waals surface area contributed by atoms with Crippen molar-refractivity contribution in [2.45, 2.75) is 6.92 Å². The van der Waals surface area contributed by atoms with E-state index in [9.17, 15) is 10.1 Å². The Kier molecular flexibility index (Phi) is 4.52. The number of nitro groups is 1. The van der Waals surface area contributed by atoms with E-state index in [2.05, 4.69) is 31.5 Å². The van der Waals surface area contributed by atoms with Gasteiger partial charge in [0.2, 0.25) is 0 Å². The van der Waals surface area contributed by atoms with Gasteiger partial charge in [-0.15, -0.1) is 0 Å². The Hall–Kier alpha value is -2.15. The fourth-order valence-electron chi connectivity index (χ4n) is 1.67. The molecular weight excluding hydrogens is 324 g/mol. The van der Waals surface area contributed by atoms with E-state index < -0.39 is 4.92 Å². The number of anilines is 3. The molecule has 2 rings (SSSR count). The molecule has 0 aliphatic heterocycles. The summed E-state index contributed by atoms with van der Waals surface area (Å²) in [6, 6.07) is 10.3. The summed E-state index contributed by atoms with van der Waals surface area (Å²) in [5, 5.41) is 17.0. The Labute approximate surface area is 124 Å². The van der Waals surface area contributed by atoms with E-state index in [1.807, 2.05) is 31.2 Å². The first-order valence-corrected chi connectivity index (χ1v) is 6.80. The number of hydrogen-bond acceptors (Lipinski definition) is 5. The molecule has 104 valence electrons. The molecule has 0 amide bonds. The van der Waals surface area contributed by atoms with Gasteiger partial charge in [0.15, 0.2) is 0 Å². The monoisotopic (exact) mass is 336 g/mol.